The summed E-state index contributed by atoms with van der Waals surface area (Å²) >= 11 is 6.32. The number of hydrogen-bond donors (Lipinski definition) is 2. The van der Waals surface area contributed by atoms with Crippen molar-refractivity contribution in [2.24, 2.45) is 11.7 Å². The van der Waals surface area contributed by atoms with Crippen LogP contribution in [0.3, 0.4) is 0 Å². The van der Waals surface area contributed by atoms with Crippen LogP contribution in [0.25, 0.3) is 5.69 Å². The third-order valence-corrected chi connectivity index (χ3v) is 5.46. The van der Waals surface area contributed by atoms with Gasteiger partial charge in [-0.15, -0.1) is 17.5 Å². The minimum atomic E-state index is -0.224. The summed E-state index contributed by atoms with van der Waals surface area (Å²) in [6, 6.07) is 7.61. The van der Waals surface area contributed by atoms with Crippen molar-refractivity contribution >= 4 is 29.9 Å². The van der Waals surface area contributed by atoms with E-state index in [0.717, 1.165) is 43.6 Å². The average molecular weight is 396 g/mol. The molecule has 8 heteroatoms. The van der Waals surface area contributed by atoms with Gasteiger partial charge in [0.05, 0.1) is 10.7 Å². The monoisotopic (exact) mass is 395 g/mol. The van der Waals surface area contributed by atoms with Crippen molar-refractivity contribution < 1.29 is 4.79 Å². The van der Waals surface area contributed by atoms with Gasteiger partial charge in [0.1, 0.15) is 5.82 Å². The Morgan fingerprint density at radius 2 is 2.04 bits per heavy atom. The summed E-state index contributed by atoms with van der Waals surface area (Å²) in [5.41, 5.74) is 6.57. The molecule has 3 N–H and O–H groups in total. The second-order valence-corrected chi connectivity index (χ2v) is 7.34. The maximum atomic E-state index is 12.7. The molecular weight excluding hydrogens is 373 g/mol. The van der Waals surface area contributed by atoms with Crippen LogP contribution in [-0.4, -0.2) is 33.3 Å². The van der Waals surface area contributed by atoms with Gasteiger partial charge in [-0.25, -0.2) is 9.67 Å². The first kappa shape index (κ1) is 19.1. The molecule has 1 aromatic carbocycles. The van der Waals surface area contributed by atoms with Crippen molar-refractivity contribution in [2.75, 3.05) is 6.54 Å². The molecule has 0 radical (unpaired) electrons. The molecule has 0 aliphatic heterocycles. The molecule has 2 aromatic rings. The molecule has 2 aliphatic rings. The molecule has 1 amide bonds. The summed E-state index contributed by atoms with van der Waals surface area (Å²) in [4.78, 5) is 17.2. The Kier molecular flexibility index (Phi) is 5.85. The first-order valence-corrected chi connectivity index (χ1v) is 9.28. The van der Waals surface area contributed by atoms with E-state index in [1.54, 1.807) is 4.68 Å². The third-order valence-electron chi connectivity index (χ3n) is 5.14. The Morgan fingerprint density at radius 3 is 2.73 bits per heavy atom. The number of nitrogens with zero attached hydrogens (tertiary/aromatic N) is 3. The molecule has 1 aromatic heterocycles. The van der Waals surface area contributed by atoms with E-state index < -0.39 is 0 Å². The van der Waals surface area contributed by atoms with Crippen LogP contribution >= 0.6 is 24.0 Å². The van der Waals surface area contributed by atoms with Gasteiger partial charge in [-0.2, -0.15) is 0 Å². The van der Waals surface area contributed by atoms with Crippen LogP contribution in [0.4, 0.5) is 0 Å². The minimum Gasteiger partial charge on any atom is -0.346 e. The lowest BCUT2D eigenvalue weighted by Crippen LogP contribution is -2.40. The number of carbonyl (C=O) groups excluding carboxylic acids is 1. The van der Waals surface area contributed by atoms with Gasteiger partial charge in [-0.1, -0.05) is 30.2 Å². The molecule has 0 bridgehead atoms. The summed E-state index contributed by atoms with van der Waals surface area (Å²) < 4.78 is 1.73. The molecule has 1 heterocycles. The highest BCUT2D eigenvalue weighted by Crippen LogP contribution is 2.40. The largest absolute Gasteiger partial charge is 0.346 e. The molecule has 26 heavy (non-hydrogen) atoms. The van der Waals surface area contributed by atoms with Crippen molar-refractivity contribution in [2.45, 2.75) is 44.1 Å². The number of rotatable bonds is 5. The van der Waals surface area contributed by atoms with E-state index in [1.807, 2.05) is 24.3 Å². The molecule has 4 rings (SSSR count). The van der Waals surface area contributed by atoms with E-state index in [9.17, 15) is 4.79 Å². The van der Waals surface area contributed by atoms with Gasteiger partial charge in [-0.05, 0) is 50.3 Å². The number of halogens is 2. The van der Waals surface area contributed by atoms with Crippen LogP contribution in [0.1, 0.15) is 54.5 Å². The Bertz CT molecular complexity index is 790. The second-order valence-electron chi connectivity index (χ2n) is 6.94. The molecule has 0 spiro atoms. The van der Waals surface area contributed by atoms with Crippen LogP contribution in [-0.2, 0) is 0 Å². The first-order chi connectivity index (χ1) is 12.2. The number of nitrogens with one attached hydrogen (secondary N) is 1. The Labute approximate surface area is 163 Å². The molecule has 140 valence electrons. The quantitative estimate of drug-likeness (QED) is 0.814. The van der Waals surface area contributed by atoms with Crippen molar-refractivity contribution in [1.82, 2.24) is 20.1 Å². The number of nitrogens with two attached hydrogens (primary N) is 1. The average Bonchev–Trinajstić information content (AvgIpc) is 3.20. The lowest BCUT2D eigenvalue weighted by atomic mass is 10.0. The fourth-order valence-electron chi connectivity index (χ4n) is 3.57. The predicted octanol–water partition coefficient (Wildman–Crippen LogP) is 3.08. The molecule has 2 fully saturated rings. The van der Waals surface area contributed by atoms with Gasteiger partial charge in [0.25, 0.3) is 5.91 Å². The van der Waals surface area contributed by atoms with Crippen LogP contribution < -0.4 is 11.1 Å². The SMILES string of the molecule is Cl.NCC1CCCC1NC(=O)c1nc(C2CC2)n(-c2ccccc2Cl)n1. The van der Waals surface area contributed by atoms with Gasteiger partial charge in [0.15, 0.2) is 0 Å². The fourth-order valence-corrected chi connectivity index (χ4v) is 3.78. The van der Waals surface area contributed by atoms with Crippen LogP contribution in [0, 0.1) is 5.92 Å². The van der Waals surface area contributed by atoms with E-state index in [4.69, 9.17) is 17.3 Å². The highest BCUT2D eigenvalue weighted by molar-refractivity contribution is 6.32. The number of carbonyl (C=O) groups is 1. The molecule has 6 nitrogen and oxygen atoms in total. The maximum Gasteiger partial charge on any atom is 0.291 e. The van der Waals surface area contributed by atoms with Gasteiger partial charge in [0.2, 0.25) is 5.82 Å². The van der Waals surface area contributed by atoms with Crippen molar-refractivity contribution in [3.8, 4) is 5.69 Å². The van der Waals surface area contributed by atoms with E-state index in [1.165, 1.54) is 0 Å². The summed E-state index contributed by atoms with van der Waals surface area (Å²) in [5.74, 6) is 1.51. The summed E-state index contributed by atoms with van der Waals surface area (Å²) in [6.45, 7) is 0.597. The first-order valence-electron chi connectivity index (χ1n) is 8.90. The van der Waals surface area contributed by atoms with Gasteiger partial charge < -0.3 is 11.1 Å². The standard InChI is InChI=1S/C18H22ClN5O.ClH/c19-13-5-1-2-7-15(13)24-17(11-8-9-11)22-16(23-24)18(25)21-14-6-3-4-12(14)10-20;/h1-2,5,7,11-12,14H,3-4,6,8-10,20H2,(H,21,25);1H. The molecule has 2 saturated carbocycles. The molecule has 2 atom stereocenters. The number of amides is 1. The summed E-state index contributed by atoms with van der Waals surface area (Å²) in [6.07, 6.45) is 5.27. The van der Waals surface area contributed by atoms with Gasteiger partial charge >= 0.3 is 0 Å². The van der Waals surface area contributed by atoms with Crippen molar-refractivity contribution in [1.29, 1.82) is 0 Å². The Hall–Kier alpha value is -1.63. The fraction of sp³-hybridized carbons (Fsp3) is 0.500. The topological polar surface area (TPSA) is 85.8 Å². The molecule has 2 unspecified atom stereocenters. The van der Waals surface area contributed by atoms with Crippen LogP contribution in [0.5, 0.6) is 0 Å². The molecule has 2 aliphatic carbocycles. The Balaban J connectivity index is 0.00000196. The van der Waals surface area contributed by atoms with Gasteiger partial charge in [0, 0.05) is 12.0 Å². The highest BCUT2D eigenvalue weighted by Gasteiger charge is 2.33. The lowest BCUT2D eigenvalue weighted by molar-refractivity contribution is 0.0918. The Morgan fingerprint density at radius 1 is 1.27 bits per heavy atom. The third kappa shape index (κ3) is 3.72. The van der Waals surface area contributed by atoms with Gasteiger partial charge in [-0.3, -0.25) is 4.79 Å². The maximum absolute atomic E-state index is 12.7. The smallest absolute Gasteiger partial charge is 0.291 e. The normalized spacial score (nSPS) is 22.1. The zero-order valence-electron chi connectivity index (χ0n) is 14.4. The zero-order chi connectivity index (χ0) is 17.4. The summed E-state index contributed by atoms with van der Waals surface area (Å²) in [5, 5.41) is 8.14. The number of para-hydroxylation sites is 1. The van der Waals surface area contributed by atoms with Crippen molar-refractivity contribution in [3.05, 3.63) is 40.9 Å². The van der Waals surface area contributed by atoms with E-state index in [0.29, 0.717) is 23.4 Å². The minimum absolute atomic E-state index is 0. The highest BCUT2D eigenvalue weighted by atomic mass is 35.5. The van der Waals surface area contributed by atoms with Crippen LogP contribution in [0.2, 0.25) is 5.02 Å². The molecule has 0 saturated heterocycles. The summed E-state index contributed by atoms with van der Waals surface area (Å²) in [7, 11) is 0. The number of hydrogen-bond acceptors (Lipinski definition) is 4. The van der Waals surface area contributed by atoms with Crippen molar-refractivity contribution in [3.63, 3.8) is 0 Å². The lowest BCUT2D eigenvalue weighted by Gasteiger charge is -2.18. The number of aromatic nitrogens is 3. The van der Waals surface area contributed by atoms with E-state index in [-0.39, 0.29) is 30.2 Å². The number of benzene rings is 1. The predicted molar refractivity (Wildman–Crippen MR) is 103 cm³/mol. The van der Waals surface area contributed by atoms with E-state index >= 15 is 0 Å². The zero-order valence-corrected chi connectivity index (χ0v) is 16.0. The van der Waals surface area contributed by atoms with Crippen LogP contribution in [0.15, 0.2) is 24.3 Å². The molecular formula is C18H23Cl2N5O. The van der Waals surface area contributed by atoms with E-state index in [2.05, 4.69) is 15.4 Å². The second kappa shape index (κ2) is 7.94.